The minimum Gasteiger partial charge on any atom is -0.382 e. The summed E-state index contributed by atoms with van der Waals surface area (Å²) < 4.78 is 0. The molecule has 1 atom stereocenters. The highest BCUT2D eigenvalue weighted by Gasteiger charge is 2.12. The summed E-state index contributed by atoms with van der Waals surface area (Å²) >= 11 is 13.0. The summed E-state index contributed by atoms with van der Waals surface area (Å²) in [6.07, 6.45) is 1.33. The molecular formula is C15H13Cl2N5OS. The normalized spacial score (nSPS) is 11.6. The minimum atomic E-state index is -0.222. The Morgan fingerprint density at radius 3 is 2.83 bits per heavy atom. The molecule has 2 aromatic rings. The first-order valence-electron chi connectivity index (χ1n) is 6.80. The number of nitrogens with two attached hydrogens (primary N) is 1. The second kappa shape index (κ2) is 8.20. The van der Waals surface area contributed by atoms with E-state index in [1.165, 1.54) is 6.20 Å². The molecule has 0 saturated heterocycles. The van der Waals surface area contributed by atoms with E-state index in [4.69, 9.17) is 34.2 Å². The average molecular weight is 382 g/mol. The number of carbonyl (C=O) groups is 1. The molecule has 0 saturated carbocycles. The van der Waals surface area contributed by atoms with Crippen molar-refractivity contribution in [3.05, 3.63) is 45.6 Å². The summed E-state index contributed by atoms with van der Waals surface area (Å²) in [6, 6.07) is 6.86. The lowest BCUT2D eigenvalue weighted by Crippen LogP contribution is -2.28. The van der Waals surface area contributed by atoms with Crippen LogP contribution in [0.1, 0.15) is 24.1 Å². The van der Waals surface area contributed by atoms with Crippen molar-refractivity contribution in [3.63, 3.8) is 0 Å². The third kappa shape index (κ3) is 4.74. The molecule has 0 aliphatic carbocycles. The Hall–Kier alpha value is -2.01. The topological polar surface area (TPSA) is 105 Å². The number of nitrogen functional groups attached to an aromatic ring is 1. The highest BCUT2D eigenvalue weighted by molar-refractivity contribution is 7.99. The summed E-state index contributed by atoms with van der Waals surface area (Å²) in [5, 5.41) is 12.9. The first kappa shape index (κ1) is 18.3. The van der Waals surface area contributed by atoms with Crippen LogP contribution < -0.4 is 11.1 Å². The van der Waals surface area contributed by atoms with Gasteiger partial charge in [-0.1, -0.05) is 41.0 Å². The Bertz CT molecular complexity index is 809. The van der Waals surface area contributed by atoms with E-state index in [0.29, 0.717) is 15.2 Å². The van der Waals surface area contributed by atoms with Crippen molar-refractivity contribution in [2.45, 2.75) is 18.1 Å². The van der Waals surface area contributed by atoms with E-state index in [1.54, 1.807) is 18.2 Å². The van der Waals surface area contributed by atoms with Gasteiger partial charge in [0.15, 0.2) is 5.16 Å². The smallest absolute Gasteiger partial charge is 0.230 e. The van der Waals surface area contributed by atoms with Gasteiger partial charge in [0.1, 0.15) is 17.5 Å². The van der Waals surface area contributed by atoms with Gasteiger partial charge >= 0.3 is 0 Å². The molecule has 0 spiro atoms. The van der Waals surface area contributed by atoms with Gasteiger partial charge in [-0.2, -0.15) is 5.26 Å². The van der Waals surface area contributed by atoms with Crippen molar-refractivity contribution in [1.82, 2.24) is 15.3 Å². The van der Waals surface area contributed by atoms with Crippen molar-refractivity contribution in [2.75, 3.05) is 11.5 Å². The van der Waals surface area contributed by atoms with Crippen LogP contribution in [0.25, 0.3) is 0 Å². The molecule has 0 unspecified atom stereocenters. The van der Waals surface area contributed by atoms with Crippen molar-refractivity contribution in [3.8, 4) is 6.07 Å². The van der Waals surface area contributed by atoms with Crippen molar-refractivity contribution in [1.29, 1.82) is 5.26 Å². The standard InChI is InChI=1S/C15H13Cl2N5OS/c1-8(9-2-3-11(16)12(17)4-9)21-13(23)7-24-15-20-6-10(5-18)14(19)22-15/h2-4,6,8H,7H2,1H3,(H,21,23)(H2,19,20,22)/t8-/m1/s1. The monoisotopic (exact) mass is 381 g/mol. The van der Waals surface area contributed by atoms with Gasteiger partial charge in [0.2, 0.25) is 5.91 Å². The number of thioether (sulfide) groups is 1. The van der Waals surface area contributed by atoms with Gasteiger partial charge in [-0.15, -0.1) is 0 Å². The Labute approximate surface area is 153 Å². The molecule has 0 radical (unpaired) electrons. The molecule has 24 heavy (non-hydrogen) atoms. The summed E-state index contributed by atoms with van der Waals surface area (Å²) in [5.41, 5.74) is 6.66. The van der Waals surface area contributed by atoms with Gasteiger partial charge in [0.25, 0.3) is 0 Å². The van der Waals surface area contributed by atoms with E-state index in [2.05, 4.69) is 15.3 Å². The van der Waals surface area contributed by atoms with Gasteiger partial charge in [0.05, 0.1) is 28.0 Å². The number of amides is 1. The molecule has 0 fully saturated rings. The van der Waals surface area contributed by atoms with Crippen LogP contribution in [0, 0.1) is 11.3 Å². The molecule has 6 nitrogen and oxygen atoms in total. The fraction of sp³-hybridized carbons (Fsp3) is 0.200. The number of nitrogens with one attached hydrogen (secondary N) is 1. The molecule has 1 aromatic heterocycles. The van der Waals surface area contributed by atoms with Crippen molar-refractivity contribution in [2.24, 2.45) is 0 Å². The van der Waals surface area contributed by atoms with Gasteiger partial charge in [-0.25, -0.2) is 9.97 Å². The highest BCUT2D eigenvalue weighted by Crippen LogP contribution is 2.25. The third-order valence-corrected chi connectivity index (χ3v) is 4.67. The molecule has 0 aliphatic rings. The second-order valence-corrected chi connectivity index (χ2v) is 6.57. The van der Waals surface area contributed by atoms with Crippen LogP contribution in [0.2, 0.25) is 10.0 Å². The number of anilines is 1. The van der Waals surface area contributed by atoms with Crippen molar-refractivity contribution >= 4 is 46.7 Å². The predicted octanol–water partition coefficient (Wildman–Crippen LogP) is 3.21. The zero-order chi connectivity index (χ0) is 17.7. The number of nitriles is 1. The van der Waals surface area contributed by atoms with Gasteiger partial charge in [-0.05, 0) is 24.6 Å². The van der Waals surface area contributed by atoms with Crippen LogP contribution in [-0.2, 0) is 4.79 Å². The first-order valence-corrected chi connectivity index (χ1v) is 8.54. The fourth-order valence-electron chi connectivity index (χ4n) is 1.81. The van der Waals surface area contributed by atoms with E-state index in [9.17, 15) is 4.79 Å². The van der Waals surface area contributed by atoms with E-state index < -0.39 is 0 Å². The number of halogens is 2. The number of aromatic nitrogens is 2. The molecule has 1 aromatic carbocycles. The molecule has 0 aliphatic heterocycles. The largest absolute Gasteiger partial charge is 0.382 e. The zero-order valence-corrected chi connectivity index (χ0v) is 14.9. The van der Waals surface area contributed by atoms with E-state index in [-0.39, 0.29) is 29.1 Å². The van der Waals surface area contributed by atoms with Crippen LogP contribution >= 0.6 is 35.0 Å². The van der Waals surface area contributed by atoms with Gasteiger partial charge in [-0.3, -0.25) is 4.79 Å². The number of nitrogens with zero attached hydrogens (tertiary/aromatic N) is 3. The number of hydrogen-bond acceptors (Lipinski definition) is 6. The molecule has 1 heterocycles. The number of rotatable bonds is 5. The molecular weight excluding hydrogens is 369 g/mol. The lowest BCUT2D eigenvalue weighted by Gasteiger charge is -2.14. The van der Waals surface area contributed by atoms with E-state index in [0.717, 1.165) is 17.3 Å². The summed E-state index contributed by atoms with van der Waals surface area (Å²) in [6.45, 7) is 1.85. The van der Waals surface area contributed by atoms with Crippen LogP contribution in [0.15, 0.2) is 29.6 Å². The predicted molar refractivity (Wildman–Crippen MR) is 94.9 cm³/mol. The van der Waals surface area contributed by atoms with Crippen LogP contribution in [-0.4, -0.2) is 21.6 Å². The van der Waals surface area contributed by atoms with Crippen molar-refractivity contribution < 1.29 is 4.79 Å². The Kier molecular flexibility index (Phi) is 6.26. The summed E-state index contributed by atoms with van der Waals surface area (Å²) in [7, 11) is 0. The Morgan fingerprint density at radius 1 is 1.46 bits per heavy atom. The van der Waals surface area contributed by atoms with Gasteiger partial charge in [0, 0.05) is 0 Å². The quantitative estimate of drug-likeness (QED) is 0.608. The number of hydrogen-bond donors (Lipinski definition) is 2. The lowest BCUT2D eigenvalue weighted by molar-refractivity contribution is -0.119. The molecule has 0 bridgehead atoms. The number of carbonyl (C=O) groups excluding carboxylic acids is 1. The molecule has 2 rings (SSSR count). The molecule has 1 amide bonds. The minimum absolute atomic E-state index is 0.0968. The SMILES string of the molecule is C[C@@H](NC(=O)CSc1ncc(C#N)c(N)n1)c1ccc(Cl)c(Cl)c1. The molecule has 124 valence electrons. The summed E-state index contributed by atoms with van der Waals surface area (Å²) in [4.78, 5) is 20.0. The molecule has 9 heteroatoms. The number of benzene rings is 1. The van der Waals surface area contributed by atoms with E-state index >= 15 is 0 Å². The maximum absolute atomic E-state index is 12.0. The van der Waals surface area contributed by atoms with E-state index in [1.807, 2.05) is 13.0 Å². The van der Waals surface area contributed by atoms with Crippen LogP contribution in [0.3, 0.4) is 0 Å². The van der Waals surface area contributed by atoms with Gasteiger partial charge < -0.3 is 11.1 Å². The maximum Gasteiger partial charge on any atom is 0.230 e. The molecule has 3 N–H and O–H groups in total. The lowest BCUT2D eigenvalue weighted by atomic mass is 10.1. The maximum atomic E-state index is 12.0. The third-order valence-electron chi connectivity index (χ3n) is 3.07. The zero-order valence-electron chi connectivity index (χ0n) is 12.6. The second-order valence-electron chi connectivity index (χ2n) is 4.81. The fourth-order valence-corrected chi connectivity index (χ4v) is 2.75. The first-order chi connectivity index (χ1) is 11.4. The highest BCUT2D eigenvalue weighted by atomic mass is 35.5. The Balaban J connectivity index is 1.92. The van der Waals surface area contributed by atoms with Crippen LogP contribution in [0.4, 0.5) is 5.82 Å². The average Bonchev–Trinajstić information content (AvgIpc) is 2.55. The van der Waals surface area contributed by atoms with Crippen LogP contribution in [0.5, 0.6) is 0 Å². The Morgan fingerprint density at radius 2 is 2.21 bits per heavy atom. The summed E-state index contributed by atoms with van der Waals surface area (Å²) in [5.74, 6) is 0.0291.